The highest BCUT2D eigenvalue weighted by atomic mass is 16.3. The second-order valence-corrected chi connectivity index (χ2v) is 12.6. The third kappa shape index (κ3) is 3.40. The van der Waals surface area contributed by atoms with Gasteiger partial charge in [-0.25, -0.2) is 0 Å². The first-order valence-corrected chi connectivity index (χ1v) is 13.0. The summed E-state index contributed by atoms with van der Waals surface area (Å²) < 4.78 is 0. The first kappa shape index (κ1) is 21.2. The standard InChI is InChI=1S/C27H48O/c1-18(2)8-6-9-19(3)21-13-14-22-20-11-12-24-25(28)10-7-16-26(24,4)23(20)15-17-27(21,22)5/h18-25,28H,6-17H2,1-5H3. The Morgan fingerprint density at radius 2 is 1.50 bits per heavy atom. The highest BCUT2D eigenvalue weighted by Crippen LogP contribution is 2.68. The van der Waals surface area contributed by atoms with Crippen molar-refractivity contribution in [2.45, 2.75) is 118 Å². The van der Waals surface area contributed by atoms with Crippen LogP contribution in [0.2, 0.25) is 0 Å². The number of hydrogen-bond acceptors (Lipinski definition) is 1. The van der Waals surface area contributed by atoms with Gasteiger partial charge in [0.2, 0.25) is 0 Å². The van der Waals surface area contributed by atoms with Crippen LogP contribution in [0.4, 0.5) is 0 Å². The van der Waals surface area contributed by atoms with E-state index >= 15 is 0 Å². The Morgan fingerprint density at radius 1 is 0.786 bits per heavy atom. The summed E-state index contributed by atoms with van der Waals surface area (Å²) in [7, 11) is 0. The van der Waals surface area contributed by atoms with Crippen LogP contribution < -0.4 is 0 Å². The molecule has 1 nitrogen and oxygen atoms in total. The van der Waals surface area contributed by atoms with Gasteiger partial charge in [0.25, 0.3) is 0 Å². The summed E-state index contributed by atoms with van der Waals surface area (Å²) in [5, 5.41) is 10.7. The van der Waals surface area contributed by atoms with Gasteiger partial charge in [-0.05, 0) is 104 Å². The molecular formula is C27H48O. The third-order valence-corrected chi connectivity index (χ3v) is 10.8. The molecule has 0 amide bonds. The molecular weight excluding hydrogens is 340 g/mol. The molecule has 0 aliphatic heterocycles. The minimum absolute atomic E-state index is 0.00897. The molecule has 162 valence electrons. The molecule has 0 aromatic heterocycles. The Hall–Kier alpha value is -0.0400. The lowest BCUT2D eigenvalue weighted by Gasteiger charge is -2.61. The van der Waals surface area contributed by atoms with Crippen LogP contribution in [0.5, 0.6) is 0 Å². The smallest absolute Gasteiger partial charge is 0.0573 e. The van der Waals surface area contributed by atoms with Crippen molar-refractivity contribution in [2.24, 2.45) is 52.3 Å². The van der Waals surface area contributed by atoms with Crippen molar-refractivity contribution in [2.75, 3.05) is 0 Å². The quantitative estimate of drug-likeness (QED) is 0.518. The summed E-state index contributed by atoms with van der Waals surface area (Å²) in [6.07, 6.45) is 16.6. The average molecular weight is 389 g/mol. The maximum Gasteiger partial charge on any atom is 0.0573 e. The van der Waals surface area contributed by atoms with E-state index in [2.05, 4.69) is 34.6 Å². The van der Waals surface area contributed by atoms with E-state index in [1.165, 1.54) is 70.6 Å². The summed E-state index contributed by atoms with van der Waals surface area (Å²) in [6.45, 7) is 12.6. The summed E-state index contributed by atoms with van der Waals surface area (Å²) in [5.74, 6) is 6.16. The molecule has 0 aromatic carbocycles. The Bertz CT molecular complexity index is 540. The summed E-state index contributed by atoms with van der Waals surface area (Å²) in [4.78, 5) is 0. The summed E-state index contributed by atoms with van der Waals surface area (Å²) >= 11 is 0. The van der Waals surface area contributed by atoms with E-state index in [9.17, 15) is 5.11 Å². The molecule has 0 heterocycles. The van der Waals surface area contributed by atoms with Crippen LogP contribution in [0.25, 0.3) is 0 Å². The number of hydrogen-bond donors (Lipinski definition) is 1. The molecule has 0 saturated heterocycles. The van der Waals surface area contributed by atoms with Gasteiger partial charge in [0.05, 0.1) is 6.10 Å². The fraction of sp³-hybridized carbons (Fsp3) is 1.00. The van der Waals surface area contributed by atoms with Gasteiger partial charge >= 0.3 is 0 Å². The molecule has 4 rings (SSSR count). The maximum atomic E-state index is 10.7. The minimum Gasteiger partial charge on any atom is -0.393 e. The molecule has 1 heteroatoms. The van der Waals surface area contributed by atoms with Crippen LogP contribution in [-0.4, -0.2) is 11.2 Å². The Balaban J connectivity index is 1.47. The molecule has 0 bridgehead atoms. The minimum atomic E-state index is -0.00897. The molecule has 4 aliphatic carbocycles. The molecule has 4 fully saturated rings. The molecule has 9 unspecified atom stereocenters. The van der Waals surface area contributed by atoms with E-state index in [0.29, 0.717) is 16.7 Å². The van der Waals surface area contributed by atoms with E-state index < -0.39 is 0 Å². The SMILES string of the molecule is CC(C)CCCC(C)C1CCC2C3CCC4C(O)CCCC4(C)C3CCC12C. The van der Waals surface area contributed by atoms with Gasteiger partial charge in [-0.2, -0.15) is 0 Å². The van der Waals surface area contributed by atoms with Crippen LogP contribution >= 0.6 is 0 Å². The fourth-order valence-electron chi connectivity index (χ4n) is 9.41. The van der Waals surface area contributed by atoms with Crippen molar-refractivity contribution in [3.8, 4) is 0 Å². The lowest BCUT2D eigenvalue weighted by atomic mass is 9.44. The number of rotatable bonds is 5. The topological polar surface area (TPSA) is 20.2 Å². The fourth-order valence-corrected chi connectivity index (χ4v) is 9.41. The summed E-state index contributed by atoms with van der Waals surface area (Å²) in [6, 6.07) is 0. The molecule has 1 N–H and O–H groups in total. The lowest BCUT2D eigenvalue weighted by Crippen LogP contribution is -2.55. The predicted molar refractivity (Wildman–Crippen MR) is 119 cm³/mol. The van der Waals surface area contributed by atoms with Gasteiger partial charge in [0.15, 0.2) is 0 Å². The molecule has 4 aliphatic rings. The highest BCUT2D eigenvalue weighted by Gasteiger charge is 2.61. The van der Waals surface area contributed by atoms with E-state index in [1.807, 2.05) is 0 Å². The molecule has 0 spiro atoms. The number of aliphatic hydroxyl groups excluding tert-OH is 1. The van der Waals surface area contributed by atoms with Gasteiger partial charge in [0, 0.05) is 0 Å². The number of fused-ring (bicyclic) bond motifs is 5. The van der Waals surface area contributed by atoms with E-state index in [4.69, 9.17) is 0 Å². The largest absolute Gasteiger partial charge is 0.393 e. The maximum absolute atomic E-state index is 10.7. The van der Waals surface area contributed by atoms with E-state index in [-0.39, 0.29) is 6.10 Å². The van der Waals surface area contributed by atoms with Gasteiger partial charge in [0.1, 0.15) is 0 Å². The monoisotopic (exact) mass is 388 g/mol. The first-order valence-electron chi connectivity index (χ1n) is 13.0. The van der Waals surface area contributed by atoms with Crippen molar-refractivity contribution < 1.29 is 5.11 Å². The average Bonchev–Trinajstić information content (AvgIpc) is 2.98. The van der Waals surface area contributed by atoms with Gasteiger partial charge in [-0.15, -0.1) is 0 Å². The van der Waals surface area contributed by atoms with Gasteiger partial charge < -0.3 is 5.11 Å². The number of aliphatic hydroxyl groups is 1. The predicted octanol–water partition coefficient (Wildman–Crippen LogP) is 7.47. The van der Waals surface area contributed by atoms with Crippen molar-refractivity contribution in [1.29, 1.82) is 0 Å². The zero-order valence-electron chi connectivity index (χ0n) is 19.6. The Labute approximate surface area is 175 Å². The van der Waals surface area contributed by atoms with Crippen LogP contribution in [0.1, 0.15) is 112 Å². The normalized spacial score (nSPS) is 49.4. The van der Waals surface area contributed by atoms with Crippen LogP contribution in [0.15, 0.2) is 0 Å². The Kier molecular flexibility index (Phi) is 5.98. The van der Waals surface area contributed by atoms with Crippen LogP contribution in [0, 0.1) is 52.3 Å². The van der Waals surface area contributed by atoms with E-state index in [0.717, 1.165) is 41.9 Å². The first-order chi connectivity index (χ1) is 13.3. The van der Waals surface area contributed by atoms with Crippen LogP contribution in [0.3, 0.4) is 0 Å². The second-order valence-electron chi connectivity index (χ2n) is 12.6. The third-order valence-electron chi connectivity index (χ3n) is 10.8. The molecule has 0 aromatic rings. The zero-order chi connectivity index (χ0) is 20.1. The van der Waals surface area contributed by atoms with E-state index in [1.54, 1.807) is 0 Å². The van der Waals surface area contributed by atoms with Crippen molar-refractivity contribution in [1.82, 2.24) is 0 Å². The van der Waals surface area contributed by atoms with Gasteiger partial charge in [-0.3, -0.25) is 0 Å². The Morgan fingerprint density at radius 3 is 2.25 bits per heavy atom. The zero-order valence-corrected chi connectivity index (χ0v) is 19.6. The van der Waals surface area contributed by atoms with Crippen molar-refractivity contribution >= 4 is 0 Å². The highest BCUT2D eigenvalue weighted by molar-refractivity contribution is 5.10. The summed E-state index contributed by atoms with van der Waals surface area (Å²) in [5.41, 5.74) is 1.04. The second kappa shape index (κ2) is 7.90. The molecule has 28 heavy (non-hydrogen) atoms. The molecule has 9 atom stereocenters. The molecule has 0 radical (unpaired) electrons. The van der Waals surface area contributed by atoms with Crippen molar-refractivity contribution in [3.63, 3.8) is 0 Å². The van der Waals surface area contributed by atoms with Crippen molar-refractivity contribution in [3.05, 3.63) is 0 Å². The van der Waals surface area contributed by atoms with Gasteiger partial charge in [-0.1, -0.05) is 60.3 Å². The lowest BCUT2D eigenvalue weighted by molar-refractivity contribution is -0.145. The molecule has 4 saturated carbocycles. The van der Waals surface area contributed by atoms with Crippen LogP contribution in [-0.2, 0) is 0 Å².